The molecule has 2 fully saturated rings. The molecule has 2 aliphatic rings. The molecule has 9 heteroatoms. The van der Waals surface area contributed by atoms with Gasteiger partial charge in [0.05, 0.1) is 11.8 Å². The summed E-state index contributed by atoms with van der Waals surface area (Å²) in [7, 11) is -3.42. The summed E-state index contributed by atoms with van der Waals surface area (Å²) in [4.78, 5) is 12.1. The van der Waals surface area contributed by atoms with Crippen molar-refractivity contribution in [2.45, 2.75) is 37.5 Å². The zero-order chi connectivity index (χ0) is 18.6. The van der Waals surface area contributed by atoms with Crippen LogP contribution in [-0.2, 0) is 20.6 Å². The van der Waals surface area contributed by atoms with Crippen LogP contribution in [-0.4, -0.2) is 50.9 Å². The summed E-state index contributed by atoms with van der Waals surface area (Å²) in [5, 5.41) is 6.63. The van der Waals surface area contributed by atoms with E-state index in [0.717, 1.165) is 32.2 Å². The number of hydrogen-bond acceptors (Lipinski definition) is 4. The second-order valence-electron chi connectivity index (χ2n) is 7.11. The molecule has 0 radical (unpaired) electrons. The van der Waals surface area contributed by atoms with E-state index in [2.05, 4.69) is 10.6 Å². The summed E-state index contributed by atoms with van der Waals surface area (Å²) in [6.45, 7) is 2.39. The molecule has 2 aliphatic heterocycles. The molecule has 1 aromatic carbocycles. The smallest absolute Gasteiger partial charge is 0.237 e. The Bertz CT molecular complexity index is 739. The predicted molar refractivity (Wildman–Crippen MR) is 110 cm³/mol. The van der Waals surface area contributed by atoms with E-state index in [1.165, 1.54) is 0 Å². The fourth-order valence-corrected chi connectivity index (χ4v) is 5.58. The number of hydrogen-bond donors (Lipinski definition) is 2. The molecule has 2 saturated heterocycles. The lowest BCUT2D eigenvalue weighted by Gasteiger charge is -2.32. The Labute approximate surface area is 172 Å². The molecule has 27 heavy (non-hydrogen) atoms. The maximum absolute atomic E-state index is 12.8. The van der Waals surface area contributed by atoms with Gasteiger partial charge in [-0.25, -0.2) is 12.7 Å². The molecule has 0 aliphatic carbocycles. The Balaban J connectivity index is 0.00000261. The molecule has 0 spiro atoms. The Morgan fingerprint density at radius 1 is 1.26 bits per heavy atom. The van der Waals surface area contributed by atoms with Gasteiger partial charge in [0.1, 0.15) is 0 Å². The van der Waals surface area contributed by atoms with Crippen LogP contribution in [0.5, 0.6) is 0 Å². The number of nitrogens with one attached hydrogen (secondary N) is 2. The van der Waals surface area contributed by atoms with Crippen molar-refractivity contribution in [2.24, 2.45) is 5.92 Å². The molecule has 152 valence electrons. The average Bonchev–Trinajstić information content (AvgIpc) is 3.17. The highest BCUT2D eigenvalue weighted by molar-refractivity contribution is 7.88. The average molecular weight is 436 g/mol. The molecule has 0 aromatic heterocycles. The highest BCUT2D eigenvalue weighted by Crippen LogP contribution is 2.24. The van der Waals surface area contributed by atoms with Gasteiger partial charge in [0.25, 0.3) is 0 Å². The van der Waals surface area contributed by atoms with E-state index in [1.54, 1.807) is 28.6 Å². The van der Waals surface area contributed by atoms with Gasteiger partial charge < -0.3 is 10.6 Å². The van der Waals surface area contributed by atoms with Gasteiger partial charge in [-0.2, -0.15) is 0 Å². The summed E-state index contributed by atoms with van der Waals surface area (Å²) in [6.07, 6.45) is 3.63. The third-order valence-electron chi connectivity index (χ3n) is 5.11. The first-order valence-electron chi connectivity index (χ1n) is 9.18. The van der Waals surface area contributed by atoms with Crippen LogP contribution < -0.4 is 10.6 Å². The number of sulfonamides is 1. The minimum absolute atomic E-state index is 0. The minimum Gasteiger partial charge on any atom is -0.354 e. The van der Waals surface area contributed by atoms with E-state index in [1.807, 2.05) is 0 Å². The molecular weight excluding hydrogens is 409 g/mol. The number of rotatable bonds is 6. The van der Waals surface area contributed by atoms with Crippen LogP contribution in [0.15, 0.2) is 24.3 Å². The lowest BCUT2D eigenvalue weighted by Crippen LogP contribution is -2.46. The number of carbonyl (C=O) groups excluding carboxylic acids is 1. The van der Waals surface area contributed by atoms with Crippen LogP contribution in [0.3, 0.4) is 0 Å². The van der Waals surface area contributed by atoms with E-state index in [9.17, 15) is 13.2 Å². The molecule has 6 nitrogen and oxygen atoms in total. The molecule has 2 N–H and O–H groups in total. The molecule has 1 aromatic rings. The van der Waals surface area contributed by atoms with Crippen molar-refractivity contribution in [1.29, 1.82) is 0 Å². The highest BCUT2D eigenvalue weighted by Gasteiger charge is 2.30. The summed E-state index contributed by atoms with van der Waals surface area (Å²) in [5.74, 6) is 0.0891. The van der Waals surface area contributed by atoms with E-state index < -0.39 is 10.0 Å². The quantitative estimate of drug-likeness (QED) is 0.717. The van der Waals surface area contributed by atoms with Crippen LogP contribution in [0.2, 0.25) is 5.02 Å². The van der Waals surface area contributed by atoms with Crippen LogP contribution in [0, 0.1) is 5.92 Å². The van der Waals surface area contributed by atoms with E-state index >= 15 is 0 Å². The fourth-order valence-electron chi connectivity index (χ4n) is 3.63. The Hall–Kier alpha value is -0.860. The third kappa shape index (κ3) is 6.06. The third-order valence-corrected chi connectivity index (χ3v) is 7.28. The second kappa shape index (κ2) is 10.1. The maximum Gasteiger partial charge on any atom is 0.237 e. The van der Waals surface area contributed by atoms with Gasteiger partial charge in [-0.3, -0.25) is 4.79 Å². The summed E-state index contributed by atoms with van der Waals surface area (Å²) in [6, 6.07) is 6.94. The number of halogens is 2. The number of carbonyl (C=O) groups is 1. The molecule has 0 bridgehead atoms. The topological polar surface area (TPSA) is 78.5 Å². The van der Waals surface area contributed by atoms with E-state index in [-0.39, 0.29) is 36.0 Å². The SMILES string of the molecule is Cl.O=C(NCC1CCCN(S(=O)(=O)Cc2ccccc2Cl)C1)C1CCCN1. The van der Waals surface area contributed by atoms with E-state index in [4.69, 9.17) is 11.6 Å². The summed E-state index contributed by atoms with van der Waals surface area (Å²) in [5.41, 5.74) is 0.622. The van der Waals surface area contributed by atoms with Gasteiger partial charge in [-0.1, -0.05) is 29.8 Å². The minimum atomic E-state index is -3.42. The van der Waals surface area contributed by atoms with Crippen molar-refractivity contribution < 1.29 is 13.2 Å². The lowest BCUT2D eigenvalue weighted by molar-refractivity contribution is -0.123. The van der Waals surface area contributed by atoms with Crippen molar-refractivity contribution in [3.05, 3.63) is 34.9 Å². The van der Waals surface area contributed by atoms with Crippen molar-refractivity contribution in [3.8, 4) is 0 Å². The summed E-state index contributed by atoms with van der Waals surface area (Å²) >= 11 is 6.11. The zero-order valence-electron chi connectivity index (χ0n) is 15.2. The van der Waals surface area contributed by atoms with Crippen molar-refractivity contribution in [3.63, 3.8) is 0 Å². The van der Waals surface area contributed by atoms with E-state index in [0.29, 0.717) is 30.2 Å². The molecule has 3 rings (SSSR count). The standard InChI is InChI=1S/C18H26ClN3O3S.ClH/c19-16-7-2-1-6-15(16)13-26(24,25)22-10-4-5-14(12-22)11-21-18(23)17-8-3-9-20-17;/h1-2,6-7,14,17,20H,3-5,8-13H2,(H,21,23);1H. The number of piperidine rings is 1. The van der Waals surface area contributed by atoms with Gasteiger partial charge in [0.15, 0.2) is 0 Å². The molecule has 2 heterocycles. The van der Waals surface area contributed by atoms with Gasteiger partial charge in [-0.15, -0.1) is 12.4 Å². The second-order valence-corrected chi connectivity index (χ2v) is 9.48. The number of nitrogens with zero attached hydrogens (tertiary/aromatic N) is 1. The largest absolute Gasteiger partial charge is 0.354 e. The first-order chi connectivity index (χ1) is 12.5. The number of benzene rings is 1. The maximum atomic E-state index is 12.8. The fraction of sp³-hybridized carbons (Fsp3) is 0.611. The molecule has 0 saturated carbocycles. The van der Waals surface area contributed by atoms with Crippen LogP contribution in [0.4, 0.5) is 0 Å². The Morgan fingerprint density at radius 2 is 2.04 bits per heavy atom. The number of amides is 1. The zero-order valence-corrected chi connectivity index (χ0v) is 17.6. The normalized spacial score (nSPS) is 23.6. The molecule has 1 amide bonds. The van der Waals surface area contributed by atoms with Crippen molar-refractivity contribution in [2.75, 3.05) is 26.2 Å². The van der Waals surface area contributed by atoms with Crippen molar-refractivity contribution in [1.82, 2.24) is 14.9 Å². The van der Waals surface area contributed by atoms with Gasteiger partial charge in [-0.05, 0) is 49.8 Å². The lowest BCUT2D eigenvalue weighted by atomic mass is 9.99. The molecule has 2 atom stereocenters. The Kier molecular flexibility index (Phi) is 8.37. The summed E-state index contributed by atoms with van der Waals surface area (Å²) < 4.78 is 27.1. The van der Waals surface area contributed by atoms with Gasteiger partial charge >= 0.3 is 0 Å². The van der Waals surface area contributed by atoms with Gasteiger partial charge in [0, 0.05) is 24.7 Å². The first-order valence-corrected chi connectivity index (χ1v) is 11.2. The van der Waals surface area contributed by atoms with Crippen molar-refractivity contribution >= 4 is 39.9 Å². The monoisotopic (exact) mass is 435 g/mol. The first kappa shape index (κ1) is 22.4. The van der Waals surface area contributed by atoms with Crippen LogP contribution >= 0.6 is 24.0 Å². The molecular formula is C18H27Cl2N3O3S. The highest BCUT2D eigenvalue weighted by atomic mass is 35.5. The van der Waals surface area contributed by atoms with Gasteiger partial charge in [0.2, 0.25) is 15.9 Å². The van der Waals surface area contributed by atoms with Crippen LogP contribution in [0.25, 0.3) is 0 Å². The molecule has 2 unspecified atom stereocenters. The Morgan fingerprint density at radius 3 is 2.74 bits per heavy atom. The van der Waals surface area contributed by atoms with Crippen LogP contribution in [0.1, 0.15) is 31.2 Å². The predicted octanol–water partition coefficient (Wildman–Crippen LogP) is 2.17.